The number of esters is 1. The Balaban J connectivity index is 2.89. The number of benzene rings is 1. The summed E-state index contributed by atoms with van der Waals surface area (Å²) < 4.78 is 4.94. The second kappa shape index (κ2) is 14.7. The molecular weight excluding hydrogens is 440 g/mol. The summed E-state index contributed by atoms with van der Waals surface area (Å²) in [6, 6.07) is 5.11. The van der Waals surface area contributed by atoms with Crippen molar-refractivity contribution in [1.29, 1.82) is 0 Å². The SMILES string of the molecule is CCC(=O)NC(C(=O)NC(CCCCC(N)=O)C(=O)Nc1ccc(COC(C)=O)cc1)C(C)C. The number of primary amides is 1. The van der Waals surface area contributed by atoms with Gasteiger partial charge in [0.1, 0.15) is 18.7 Å². The van der Waals surface area contributed by atoms with Gasteiger partial charge in [0, 0.05) is 25.5 Å². The van der Waals surface area contributed by atoms with E-state index in [1.165, 1.54) is 6.92 Å². The average molecular weight is 477 g/mol. The normalized spacial score (nSPS) is 12.4. The first kappa shape index (κ1) is 28.6. The molecular formula is C24H36N4O6. The van der Waals surface area contributed by atoms with Gasteiger partial charge < -0.3 is 26.4 Å². The first-order chi connectivity index (χ1) is 16.0. The molecule has 1 aromatic rings. The Morgan fingerprint density at radius 3 is 2.15 bits per heavy atom. The Hall–Kier alpha value is -3.43. The summed E-state index contributed by atoms with van der Waals surface area (Å²) in [5, 5.41) is 8.20. The van der Waals surface area contributed by atoms with Crippen molar-refractivity contribution in [3.63, 3.8) is 0 Å². The van der Waals surface area contributed by atoms with Gasteiger partial charge in [0.15, 0.2) is 0 Å². The van der Waals surface area contributed by atoms with Gasteiger partial charge in [-0.1, -0.05) is 39.3 Å². The Morgan fingerprint density at radius 1 is 0.971 bits per heavy atom. The van der Waals surface area contributed by atoms with Gasteiger partial charge in [-0.25, -0.2) is 0 Å². The van der Waals surface area contributed by atoms with Gasteiger partial charge in [-0.3, -0.25) is 24.0 Å². The number of nitrogens with one attached hydrogen (secondary N) is 3. The predicted molar refractivity (Wildman–Crippen MR) is 127 cm³/mol. The van der Waals surface area contributed by atoms with Crippen LogP contribution in [0.4, 0.5) is 5.69 Å². The molecule has 10 heteroatoms. The van der Waals surface area contributed by atoms with Crippen LogP contribution in [-0.4, -0.2) is 41.7 Å². The largest absolute Gasteiger partial charge is 0.461 e. The third-order valence-corrected chi connectivity index (χ3v) is 5.05. The fourth-order valence-electron chi connectivity index (χ4n) is 3.09. The molecule has 0 aromatic heterocycles. The minimum Gasteiger partial charge on any atom is -0.461 e. The third kappa shape index (κ3) is 10.9. The lowest BCUT2D eigenvalue weighted by Crippen LogP contribution is -2.54. The highest BCUT2D eigenvalue weighted by atomic mass is 16.5. The van der Waals surface area contributed by atoms with Gasteiger partial charge in [-0.2, -0.15) is 0 Å². The highest BCUT2D eigenvalue weighted by molar-refractivity contribution is 5.98. The topological polar surface area (TPSA) is 157 Å². The summed E-state index contributed by atoms with van der Waals surface area (Å²) in [6.45, 7) is 6.75. The monoisotopic (exact) mass is 476 g/mol. The van der Waals surface area contributed by atoms with E-state index < -0.39 is 29.8 Å². The maximum atomic E-state index is 13.0. The number of nitrogens with two attached hydrogens (primary N) is 1. The molecule has 1 aromatic carbocycles. The lowest BCUT2D eigenvalue weighted by molar-refractivity contribution is -0.142. The number of hydrogen-bond donors (Lipinski definition) is 4. The zero-order chi connectivity index (χ0) is 25.7. The molecule has 0 fully saturated rings. The molecule has 5 N–H and O–H groups in total. The summed E-state index contributed by atoms with van der Waals surface area (Å²) in [4.78, 5) is 59.7. The highest BCUT2D eigenvalue weighted by Gasteiger charge is 2.28. The van der Waals surface area contributed by atoms with E-state index in [4.69, 9.17) is 10.5 Å². The number of carbonyl (C=O) groups excluding carboxylic acids is 5. The molecule has 0 spiro atoms. The molecule has 34 heavy (non-hydrogen) atoms. The molecule has 0 saturated heterocycles. The van der Waals surface area contributed by atoms with E-state index in [0.717, 1.165) is 5.56 Å². The Labute approximate surface area is 200 Å². The second-order valence-corrected chi connectivity index (χ2v) is 8.38. The van der Waals surface area contributed by atoms with E-state index in [1.807, 2.05) is 0 Å². The standard InChI is InChI=1S/C24H36N4O6/c1-5-21(31)28-22(15(2)3)24(33)27-19(8-6-7-9-20(25)30)23(32)26-18-12-10-17(11-13-18)14-34-16(4)29/h10-13,15,19,22H,5-9,14H2,1-4H3,(H2,25,30)(H,26,32)(H,27,33)(H,28,31). The van der Waals surface area contributed by atoms with Crippen molar-refractivity contribution in [1.82, 2.24) is 10.6 Å². The molecule has 4 amide bonds. The molecule has 0 aliphatic heterocycles. The van der Waals surface area contributed by atoms with E-state index in [0.29, 0.717) is 24.9 Å². The maximum absolute atomic E-state index is 13.0. The molecule has 10 nitrogen and oxygen atoms in total. The third-order valence-electron chi connectivity index (χ3n) is 5.05. The molecule has 1 rings (SSSR count). The van der Waals surface area contributed by atoms with Crippen LogP contribution in [0.2, 0.25) is 0 Å². The molecule has 0 aliphatic carbocycles. The molecule has 2 unspecified atom stereocenters. The Morgan fingerprint density at radius 2 is 1.62 bits per heavy atom. The van der Waals surface area contributed by atoms with Gasteiger partial charge >= 0.3 is 5.97 Å². The smallest absolute Gasteiger partial charge is 0.302 e. The summed E-state index contributed by atoms with van der Waals surface area (Å²) in [7, 11) is 0. The second-order valence-electron chi connectivity index (χ2n) is 8.38. The van der Waals surface area contributed by atoms with E-state index in [2.05, 4.69) is 16.0 Å². The fourth-order valence-corrected chi connectivity index (χ4v) is 3.09. The first-order valence-electron chi connectivity index (χ1n) is 11.4. The van der Waals surface area contributed by atoms with E-state index in [1.54, 1.807) is 45.0 Å². The van der Waals surface area contributed by atoms with Crippen LogP contribution in [0.5, 0.6) is 0 Å². The van der Waals surface area contributed by atoms with Crippen LogP contribution in [0.15, 0.2) is 24.3 Å². The van der Waals surface area contributed by atoms with Crippen molar-refractivity contribution in [3.05, 3.63) is 29.8 Å². The first-order valence-corrected chi connectivity index (χ1v) is 11.4. The van der Waals surface area contributed by atoms with Crippen molar-refractivity contribution in [2.45, 2.75) is 78.5 Å². The number of carbonyl (C=O) groups is 5. The highest BCUT2D eigenvalue weighted by Crippen LogP contribution is 2.13. The predicted octanol–water partition coefficient (Wildman–Crippen LogP) is 1.77. The number of amides is 4. The minimum atomic E-state index is -0.874. The number of ether oxygens (including phenoxy) is 1. The quantitative estimate of drug-likeness (QED) is 0.237. The van der Waals surface area contributed by atoms with E-state index in [-0.39, 0.29) is 37.2 Å². The van der Waals surface area contributed by atoms with Crippen LogP contribution in [-0.2, 0) is 35.3 Å². The zero-order valence-electron chi connectivity index (χ0n) is 20.3. The van der Waals surface area contributed by atoms with Crippen LogP contribution in [0, 0.1) is 5.92 Å². The van der Waals surface area contributed by atoms with Crippen LogP contribution >= 0.6 is 0 Å². The van der Waals surface area contributed by atoms with E-state index >= 15 is 0 Å². The minimum absolute atomic E-state index is 0.127. The van der Waals surface area contributed by atoms with Gasteiger partial charge in [-0.05, 0) is 36.5 Å². The number of unbranched alkanes of at least 4 members (excludes halogenated alkanes) is 1. The molecule has 188 valence electrons. The summed E-state index contributed by atoms with van der Waals surface area (Å²) >= 11 is 0. The maximum Gasteiger partial charge on any atom is 0.302 e. The molecule has 0 aliphatic rings. The van der Waals surface area contributed by atoms with E-state index in [9.17, 15) is 24.0 Å². The van der Waals surface area contributed by atoms with Gasteiger partial charge in [-0.15, -0.1) is 0 Å². The van der Waals surface area contributed by atoms with Crippen LogP contribution in [0.1, 0.15) is 65.4 Å². The lowest BCUT2D eigenvalue weighted by atomic mass is 10.0. The number of hydrogen-bond acceptors (Lipinski definition) is 6. The Kier molecular flexibility index (Phi) is 12.3. The summed E-state index contributed by atoms with van der Waals surface area (Å²) in [5.74, 6) is -2.14. The average Bonchev–Trinajstić information content (AvgIpc) is 2.78. The fraction of sp³-hybridized carbons (Fsp3) is 0.542. The van der Waals surface area contributed by atoms with Crippen molar-refractivity contribution >= 4 is 35.3 Å². The van der Waals surface area contributed by atoms with Crippen LogP contribution < -0.4 is 21.7 Å². The molecule has 0 saturated carbocycles. The van der Waals surface area contributed by atoms with Gasteiger partial charge in [0.2, 0.25) is 23.6 Å². The van der Waals surface area contributed by atoms with Crippen molar-refractivity contribution in [2.75, 3.05) is 5.32 Å². The van der Waals surface area contributed by atoms with Crippen LogP contribution in [0.3, 0.4) is 0 Å². The molecule has 2 atom stereocenters. The van der Waals surface area contributed by atoms with Gasteiger partial charge in [0.05, 0.1) is 0 Å². The molecule has 0 radical (unpaired) electrons. The van der Waals surface area contributed by atoms with Crippen molar-refractivity contribution in [2.24, 2.45) is 11.7 Å². The summed E-state index contributed by atoms with van der Waals surface area (Å²) in [5.41, 5.74) is 6.45. The molecule has 0 bridgehead atoms. The Bertz CT molecular complexity index is 854. The molecule has 0 heterocycles. The van der Waals surface area contributed by atoms with Crippen LogP contribution in [0.25, 0.3) is 0 Å². The van der Waals surface area contributed by atoms with Crippen molar-refractivity contribution in [3.8, 4) is 0 Å². The number of anilines is 1. The van der Waals surface area contributed by atoms with Crippen molar-refractivity contribution < 1.29 is 28.7 Å². The number of rotatable bonds is 14. The summed E-state index contributed by atoms with van der Waals surface area (Å²) in [6.07, 6.45) is 1.70. The zero-order valence-corrected chi connectivity index (χ0v) is 20.3. The van der Waals surface area contributed by atoms with Gasteiger partial charge in [0.25, 0.3) is 0 Å². The lowest BCUT2D eigenvalue weighted by Gasteiger charge is -2.25.